The van der Waals surface area contributed by atoms with Gasteiger partial charge in [-0.1, -0.05) is 18.3 Å². The number of piperidine rings is 1. The molecule has 1 aliphatic rings. The van der Waals surface area contributed by atoms with Crippen molar-refractivity contribution in [2.75, 3.05) is 13.1 Å². The fourth-order valence-corrected chi connectivity index (χ4v) is 2.98. The Labute approximate surface area is 100 Å². The van der Waals surface area contributed by atoms with Gasteiger partial charge in [0.2, 0.25) is 0 Å². The van der Waals surface area contributed by atoms with Crippen LogP contribution in [0.25, 0.3) is 0 Å². The van der Waals surface area contributed by atoms with Crippen molar-refractivity contribution in [3.63, 3.8) is 0 Å². The highest BCUT2D eigenvalue weighted by Crippen LogP contribution is 2.20. The Morgan fingerprint density at radius 2 is 2.27 bits per heavy atom. The van der Waals surface area contributed by atoms with Crippen molar-refractivity contribution >= 4 is 28.5 Å². The summed E-state index contributed by atoms with van der Waals surface area (Å²) in [4.78, 5) is 4.63. The van der Waals surface area contributed by atoms with E-state index in [9.17, 15) is 0 Å². The van der Waals surface area contributed by atoms with Crippen LogP contribution in [-0.4, -0.2) is 23.0 Å². The van der Waals surface area contributed by atoms with Crippen LogP contribution in [-0.2, 0) is 6.54 Å². The van der Waals surface area contributed by atoms with Gasteiger partial charge in [-0.05, 0) is 37.4 Å². The third-order valence-corrected chi connectivity index (χ3v) is 4.14. The molecule has 0 unspecified atom stereocenters. The lowest BCUT2D eigenvalue weighted by molar-refractivity contribution is 0.204. The molecular formula is C11H16N2S2. The Hall–Kier alpha value is -0.450. The van der Waals surface area contributed by atoms with E-state index < -0.39 is 0 Å². The molecule has 82 valence electrons. The molecule has 1 aromatic rings. The number of nitrogens with zero attached hydrogens (tertiary/aromatic N) is 1. The standard InChI is InChI=1S/C11H16N2S2/c12-11(14)9-3-5-13(6-4-9)8-10-2-1-7-15-10/h1-2,7,9H,3-6,8H2,(H2,12,14). The predicted octanol–water partition coefficient (Wildman–Crippen LogP) is 2.25. The molecule has 0 bridgehead atoms. The van der Waals surface area contributed by atoms with Gasteiger partial charge in [-0.25, -0.2) is 0 Å². The van der Waals surface area contributed by atoms with Crippen molar-refractivity contribution in [1.29, 1.82) is 0 Å². The Balaban J connectivity index is 1.81. The quantitative estimate of drug-likeness (QED) is 0.822. The van der Waals surface area contributed by atoms with E-state index in [4.69, 9.17) is 18.0 Å². The first kappa shape index (κ1) is 11.0. The van der Waals surface area contributed by atoms with E-state index >= 15 is 0 Å². The second kappa shape index (κ2) is 5.05. The van der Waals surface area contributed by atoms with Gasteiger partial charge < -0.3 is 5.73 Å². The van der Waals surface area contributed by atoms with Gasteiger partial charge in [0.05, 0.1) is 4.99 Å². The number of hydrogen-bond donors (Lipinski definition) is 1. The third-order valence-electron chi connectivity index (χ3n) is 2.95. The van der Waals surface area contributed by atoms with Crippen LogP contribution in [0.5, 0.6) is 0 Å². The van der Waals surface area contributed by atoms with Gasteiger partial charge in [0.25, 0.3) is 0 Å². The molecule has 0 saturated carbocycles. The summed E-state index contributed by atoms with van der Waals surface area (Å²) in [5, 5.41) is 2.14. The number of rotatable bonds is 3. The van der Waals surface area contributed by atoms with E-state index in [-0.39, 0.29) is 0 Å². The van der Waals surface area contributed by atoms with E-state index in [1.807, 2.05) is 11.3 Å². The highest BCUT2D eigenvalue weighted by atomic mass is 32.1. The van der Waals surface area contributed by atoms with Gasteiger partial charge in [0, 0.05) is 17.3 Å². The Kier molecular flexibility index (Phi) is 3.72. The minimum atomic E-state index is 0.472. The van der Waals surface area contributed by atoms with Crippen molar-refractivity contribution in [3.8, 4) is 0 Å². The van der Waals surface area contributed by atoms with Gasteiger partial charge in [0.1, 0.15) is 0 Å². The average molecular weight is 240 g/mol. The largest absolute Gasteiger partial charge is 0.393 e. The van der Waals surface area contributed by atoms with E-state index in [2.05, 4.69) is 22.4 Å². The van der Waals surface area contributed by atoms with Crippen molar-refractivity contribution in [2.45, 2.75) is 19.4 Å². The van der Waals surface area contributed by atoms with Crippen molar-refractivity contribution in [3.05, 3.63) is 22.4 Å². The third kappa shape index (κ3) is 3.00. The summed E-state index contributed by atoms with van der Waals surface area (Å²) in [7, 11) is 0. The van der Waals surface area contributed by atoms with Gasteiger partial charge in [-0.3, -0.25) is 4.90 Å². The maximum atomic E-state index is 5.66. The normalized spacial score (nSPS) is 19.2. The zero-order valence-corrected chi connectivity index (χ0v) is 10.3. The lowest BCUT2D eigenvalue weighted by atomic mass is 9.97. The highest BCUT2D eigenvalue weighted by Gasteiger charge is 2.20. The van der Waals surface area contributed by atoms with Crippen molar-refractivity contribution < 1.29 is 0 Å². The van der Waals surface area contributed by atoms with E-state index in [1.54, 1.807) is 0 Å². The number of hydrogen-bond acceptors (Lipinski definition) is 3. The molecule has 0 aromatic carbocycles. The molecule has 2 heterocycles. The minimum Gasteiger partial charge on any atom is -0.393 e. The minimum absolute atomic E-state index is 0.472. The molecular weight excluding hydrogens is 224 g/mol. The summed E-state index contributed by atoms with van der Waals surface area (Å²) in [6.45, 7) is 3.33. The summed E-state index contributed by atoms with van der Waals surface area (Å²) in [5.41, 5.74) is 5.66. The molecule has 1 aromatic heterocycles. The zero-order valence-electron chi connectivity index (χ0n) is 8.69. The molecule has 0 radical (unpaired) electrons. The van der Waals surface area contributed by atoms with Gasteiger partial charge >= 0.3 is 0 Å². The Morgan fingerprint density at radius 1 is 1.53 bits per heavy atom. The van der Waals surface area contributed by atoms with E-state index in [0.29, 0.717) is 10.9 Å². The fraction of sp³-hybridized carbons (Fsp3) is 0.545. The number of thiocarbonyl (C=S) groups is 1. The maximum Gasteiger partial charge on any atom is 0.0759 e. The lowest BCUT2D eigenvalue weighted by Gasteiger charge is -2.30. The molecule has 2 N–H and O–H groups in total. The highest BCUT2D eigenvalue weighted by molar-refractivity contribution is 7.80. The molecule has 0 spiro atoms. The zero-order chi connectivity index (χ0) is 10.7. The molecule has 1 aliphatic heterocycles. The van der Waals surface area contributed by atoms with Crippen molar-refractivity contribution in [2.24, 2.45) is 11.7 Å². The molecule has 15 heavy (non-hydrogen) atoms. The molecule has 1 saturated heterocycles. The van der Waals surface area contributed by atoms with Crippen LogP contribution in [0.1, 0.15) is 17.7 Å². The Morgan fingerprint density at radius 3 is 2.80 bits per heavy atom. The van der Waals surface area contributed by atoms with Crippen LogP contribution < -0.4 is 5.73 Å². The molecule has 0 amide bonds. The van der Waals surface area contributed by atoms with E-state index in [0.717, 1.165) is 32.5 Å². The molecule has 2 nitrogen and oxygen atoms in total. The molecule has 1 fully saturated rings. The van der Waals surface area contributed by atoms with Crippen LogP contribution >= 0.6 is 23.6 Å². The predicted molar refractivity (Wildman–Crippen MR) is 69.1 cm³/mol. The molecule has 0 aliphatic carbocycles. The topological polar surface area (TPSA) is 29.3 Å². The second-order valence-corrected chi connectivity index (χ2v) is 5.54. The van der Waals surface area contributed by atoms with Crippen LogP contribution in [0, 0.1) is 5.92 Å². The molecule has 0 atom stereocenters. The van der Waals surface area contributed by atoms with Crippen LogP contribution in [0.2, 0.25) is 0 Å². The number of likely N-dealkylation sites (tertiary alicyclic amines) is 1. The molecule has 4 heteroatoms. The first-order valence-electron chi connectivity index (χ1n) is 5.30. The van der Waals surface area contributed by atoms with Crippen LogP contribution in [0.3, 0.4) is 0 Å². The SMILES string of the molecule is NC(=S)C1CCN(Cc2cccs2)CC1. The first-order chi connectivity index (χ1) is 7.25. The number of nitrogens with two attached hydrogens (primary N) is 1. The summed E-state index contributed by atoms with van der Waals surface area (Å²) in [6.07, 6.45) is 2.25. The van der Waals surface area contributed by atoms with E-state index in [1.165, 1.54) is 4.88 Å². The monoisotopic (exact) mass is 240 g/mol. The summed E-state index contributed by atoms with van der Waals surface area (Å²) in [5.74, 6) is 0.472. The lowest BCUT2D eigenvalue weighted by Crippen LogP contribution is -2.37. The van der Waals surface area contributed by atoms with Gasteiger partial charge in [0.15, 0.2) is 0 Å². The van der Waals surface area contributed by atoms with Crippen LogP contribution in [0.15, 0.2) is 17.5 Å². The summed E-state index contributed by atoms with van der Waals surface area (Å²) in [6, 6.07) is 4.31. The maximum absolute atomic E-state index is 5.66. The average Bonchev–Trinajstić information content (AvgIpc) is 2.71. The summed E-state index contributed by atoms with van der Waals surface area (Å²) < 4.78 is 0. The second-order valence-electron chi connectivity index (χ2n) is 4.03. The first-order valence-corrected chi connectivity index (χ1v) is 6.58. The smallest absolute Gasteiger partial charge is 0.0759 e. The number of thiophene rings is 1. The van der Waals surface area contributed by atoms with Gasteiger partial charge in [-0.2, -0.15) is 0 Å². The van der Waals surface area contributed by atoms with Crippen molar-refractivity contribution in [1.82, 2.24) is 4.90 Å². The van der Waals surface area contributed by atoms with Crippen LogP contribution in [0.4, 0.5) is 0 Å². The summed E-state index contributed by atoms with van der Waals surface area (Å²) >= 11 is 6.86. The fourth-order valence-electron chi connectivity index (χ4n) is 2.00. The molecule has 2 rings (SSSR count). The Bertz CT molecular complexity index is 313. The van der Waals surface area contributed by atoms with Gasteiger partial charge in [-0.15, -0.1) is 11.3 Å².